The predicted molar refractivity (Wildman–Crippen MR) is 347 cm³/mol. The second kappa shape index (κ2) is 68.6. The van der Waals surface area contributed by atoms with Gasteiger partial charge in [0.2, 0.25) is 5.91 Å². The number of hydrogen-bond donors (Lipinski definition) is 3. The summed E-state index contributed by atoms with van der Waals surface area (Å²) in [6.45, 7) is 4.92. The van der Waals surface area contributed by atoms with Crippen LogP contribution >= 0.6 is 0 Å². The Labute approximate surface area is 494 Å². The van der Waals surface area contributed by atoms with Crippen LogP contribution in [0.5, 0.6) is 0 Å². The van der Waals surface area contributed by atoms with Crippen LogP contribution in [0.1, 0.15) is 393 Å². The quantitative estimate of drug-likeness (QED) is 0.0320. The van der Waals surface area contributed by atoms with Gasteiger partial charge in [-0.15, -0.1) is 0 Å². The third-order valence-corrected chi connectivity index (χ3v) is 16.7. The highest BCUT2D eigenvalue weighted by Gasteiger charge is 2.18. The van der Waals surface area contributed by atoms with E-state index in [9.17, 15) is 19.8 Å². The van der Waals surface area contributed by atoms with E-state index in [1.54, 1.807) is 6.08 Å². The number of carbonyl (C=O) groups excluding carboxylic acids is 2. The summed E-state index contributed by atoms with van der Waals surface area (Å²) in [7, 11) is 0. The van der Waals surface area contributed by atoms with Crippen LogP contribution in [0.15, 0.2) is 36.5 Å². The highest BCUT2D eigenvalue weighted by Crippen LogP contribution is 2.19. The Balaban J connectivity index is 3.40. The number of esters is 1. The second-order valence-electron chi connectivity index (χ2n) is 24.6. The van der Waals surface area contributed by atoms with Gasteiger partial charge in [0.05, 0.1) is 25.4 Å². The highest BCUT2D eigenvalue weighted by atomic mass is 16.5. The van der Waals surface area contributed by atoms with E-state index in [4.69, 9.17) is 4.74 Å². The molecular formula is C73H139NO5. The van der Waals surface area contributed by atoms with Crippen LogP contribution in [0.25, 0.3) is 0 Å². The molecule has 0 aromatic heterocycles. The standard InChI is InChI=1S/C73H139NO5/c1-3-5-7-9-11-13-15-17-19-21-23-27-30-33-37-41-45-49-53-57-61-65-71(76)70(69-75)74-72(77)66-62-58-54-50-46-42-38-34-31-28-25-24-26-29-32-36-40-44-48-52-56-60-64-68-79-73(78)67-63-59-55-51-47-43-39-35-22-20-18-16-14-12-10-8-6-4-2/h14,16,20,22,61,65,70-71,75-76H,3-13,15,17-19,21,23-60,62-64,66-69H2,1-2H3,(H,74,77)/b16-14-,22-20-,65-61+. The minimum Gasteiger partial charge on any atom is -0.466 e. The number of rotatable bonds is 67. The Hall–Kier alpha value is -1.92. The van der Waals surface area contributed by atoms with Crippen LogP contribution in [0, 0.1) is 0 Å². The molecule has 1 amide bonds. The molecule has 0 heterocycles. The van der Waals surface area contributed by atoms with E-state index >= 15 is 0 Å². The lowest BCUT2D eigenvalue weighted by atomic mass is 10.0. The van der Waals surface area contributed by atoms with Gasteiger partial charge in [-0.25, -0.2) is 0 Å². The zero-order valence-electron chi connectivity index (χ0n) is 53.4. The number of ether oxygens (including phenoxy) is 1. The second-order valence-corrected chi connectivity index (χ2v) is 24.6. The summed E-state index contributed by atoms with van der Waals surface area (Å²) in [5, 5.41) is 23.3. The van der Waals surface area contributed by atoms with Gasteiger partial charge in [0.15, 0.2) is 0 Å². The van der Waals surface area contributed by atoms with E-state index in [1.165, 1.54) is 315 Å². The molecule has 0 rings (SSSR count). The van der Waals surface area contributed by atoms with Crippen molar-refractivity contribution in [1.82, 2.24) is 5.32 Å². The molecule has 0 saturated heterocycles. The summed E-state index contributed by atoms with van der Waals surface area (Å²) in [6, 6.07) is -0.629. The van der Waals surface area contributed by atoms with Gasteiger partial charge in [-0.3, -0.25) is 9.59 Å². The summed E-state index contributed by atoms with van der Waals surface area (Å²) in [4.78, 5) is 24.6. The summed E-state index contributed by atoms with van der Waals surface area (Å²) in [6.07, 6.45) is 87.9. The van der Waals surface area contributed by atoms with E-state index in [-0.39, 0.29) is 18.5 Å². The van der Waals surface area contributed by atoms with Crippen molar-refractivity contribution in [1.29, 1.82) is 0 Å². The lowest BCUT2D eigenvalue weighted by Gasteiger charge is -2.20. The molecule has 3 N–H and O–H groups in total. The van der Waals surface area contributed by atoms with Crippen LogP contribution in [0.3, 0.4) is 0 Å². The SMILES string of the molecule is CCCCCC/C=C\C/C=C\CCCCCCCCCC(=O)OCCCCCCCCCCCCCCCCCCCCCCCCCC(=O)NC(CO)C(O)/C=C/CCCCCCCCCCCCCCCCCCCCC. The lowest BCUT2D eigenvalue weighted by molar-refractivity contribution is -0.143. The number of unbranched alkanes of at least 4 members (excludes halogenated alkanes) is 52. The molecule has 2 atom stereocenters. The maximum atomic E-state index is 12.5. The monoisotopic (exact) mass is 1110 g/mol. The Morgan fingerprint density at radius 1 is 0.354 bits per heavy atom. The van der Waals surface area contributed by atoms with Crippen molar-refractivity contribution in [2.45, 2.75) is 405 Å². The molecule has 0 aromatic rings. The van der Waals surface area contributed by atoms with Gasteiger partial charge < -0.3 is 20.3 Å². The van der Waals surface area contributed by atoms with E-state index in [0.717, 1.165) is 51.4 Å². The topological polar surface area (TPSA) is 95.9 Å². The first-order chi connectivity index (χ1) is 39.0. The van der Waals surface area contributed by atoms with Gasteiger partial charge in [0.1, 0.15) is 0 Å². The predicted octanol–water partition coefficient (Wildman–Crippen LogP) is 23.1. The zero-order valence-corrected chi connectivity index (χ0v) is 53.4. The third-order valence-electron chi connectivity index (χ3n) is 16.7. The normalized spacial score (nSPS) is 12.7. The number of amides is 1. The Bertz CT molecular complexity index is 1280. The number of aliphatic hydroxyl groups excluding tert-OH is 2. The van der Waals surface area contributed by atoms with Crippen LogP contribution in [0.2, 0.25) is 0 Å². The fourth-order valence-corrected chi connectivity index (χ4v) is 11.2. The van der Waals surface area contributed by atoms with Gasteiger partial charge in [0.25, 0.3) is 0 Å². The van der Waals surface area contributed by atoms with E-state index in [0.29, 0.717) is 19.4 Å². The van der Waals surface area contributed by atoms with E-state index in [2.05, 4.69) is 43.5 Å². The molecule has 0 aliphatic heterocycles. The van der Waals surface area contributed by atoms with E-state index in [1.807, 2.05) is 6.08 Å². The minimum atomic E-state index is -0.846. The summed E-state index contributed by atoms with van der Waals surface area (Å²) in [5.74, 6) is -0.0566. The number of nitrogens with one attached hydrogen (secondary N) is 1. The first-order valence-corrected chi connectivity index (χ1v) is 35.8. The smallest absolute Gasteiger partial charge is 0.305 e. The van der Waals surface area contributed by atoms with Crippen molar-refractivity contribution in [2.75, 3.05) is 13.2 Å². The number of allylic oxidation sites excluding steroid dienone is 5. The van der Waals surface area contributed by atoms with Gasteiger partial charge in [0, 0.05) is 12.8 Å². The van der Waals surface area contributed by atoms with Gasteiger partial charge >= 0.3 is 5.97 Å². The molecule has 6 heteroatoms. The van der Waals surface area contributed by atoms with Crippen molar-refractivity contribution in [2.24, 2.45) is 0 Å². The van der Waals surface area contributed by atoms with Crippen molar-refractivity contribution in [3.05, 3.63) is 36.5 Å². The molecule has 0 radical (unpaired) electrons. The van der Waals surface area contributed by atoms with Crippen LogP contribution in [0.4, 0.5) is 0 Å². The van der Waals surface area contributed by atoms with Gasteiger partial charge in [-0.2, -0.15) is 0 Å². The van der Waals surface area contributed by atoms with Crippen LogP contribution in [-0.4, -0.2) is 47.4 Å². The average Bonchev–Trinajstić information content (AvgIpc) is 3.45. The van der Waals surface area contributed by atoms with Crippen LogP contribution in [-0.2, 0) is 14.3 Å². The molecular weight excluding hydrogens is 971 g/mol. The average molecular weight is 1110 g/mol. The van der Waals surface area contributed by atoms with Crippen molar-refractivity contribution in [3.8, 4) is 0 Å². The molecule has 0 aliphatic rings. The number of aliphatic hydroxyl groups is 2. The summed E-state index contributed by atoms with van der Waals surface area (Å²) in [5.41, 5.74) is 0. The fourth-order valence-electron chi connectivity index (χ4n) is 11.2. The van der Waals surface area contributed by atoms with Gasteiger partial charge in [-0.1, -0.05) is 352 Å². The number of hydrogen-bond acceptors (Lipinski definition) is 5. The molecule has 0 aliphatic carbocycles. The summed E-state index contributed by atoms with van der Waals surface area (Å²) >= 11 is 0. The third kappa shape index (κ3) is 65.1. The maximum absolute atomic E-state index is 12.5. The molecule has 0 fully saturated rings. The minimum absolute atomic E-state index is 0.00720. The molecule has 2 unspecified atom stereocenters. The van der Waals surface area contributed by atoms with Crippen molar-refractivity contribution >= 4 is 11.9 Å². The van der Waals surface area contributed by atoms with E-state index < -0.39 is 12.1 Å². The van der Waals surface area contributed by atoms with Gasteiger partial charge in [-0.05, 0) is 64.2 Å². The molecule has 6 nitrogen and oxygen atoms in total. The largest absolute Gasteiger partial charge is 0.466 e. The molecule has 0 bridgehead atoms. The summed E-state index contributed by atoms with van der Waals surface area (Å²) < 4.78 is 5.50. The molecule has 0 aromatic carbocycles. The first-order valence-electron chi connectivity index (χ1n) is 35.8. The number of carbonyl (C=O) groups is 2. The molecule has 466 valence electrons. The molecule has 79 heavy (non-hydrogen) atoms. The zero-order chi connectivity index (χ0) is 57.1. The lowest BCUT2D eigenvalue weighted by Crippen LogP contribution is -2.45. The molecule has 0 saturated carbocycles. The maximum Gasteiger partial charge on any atom is 0.305 e. The molecule has 0 spiro atoms. The highest BCUT2D eigenvalue weighted by molar-refractivity contribution is 5.76. The van der Waals surface area contributed by atoms with Crippen molar-refractivity contribution < 1.29 is 24.5 Å². The first kappa shape index (κ1) is 77.1. The fraction of sp³-hybridized carbons (Fsp3) is 0.890. The van der Waals surface area contributed by atoms with Crippen molar-refractivity contribution in [3.63, 3.8) is 0 Å². The Morgan fingerprint density at radius 2 is 0.633 bits per heavy atom. The Kier molecular flexibility index (Phi) is 66.9. The Morgan fingerprint density at radius 3 is 0.975 bits per heavy atom. The van der Waals surface area contributed by atoms with Crippen LogP contribution < -0.4 is 5.32 Å².